The number of nitrogens with zero attached hydrogens (tertiary/aromatic N) is 2. The van der Waals surface area contributed by atoms with Gasteiger partial charge in [0.05, 0.1) is 15.9 Å². The normalized spacial score (nSPS) is 15.0. The summed E-state index contributed by atoms with van der Waals surface area (Å²) in [5.74, 6) is -0.254. The predicted octanol–water partition coefficient (Wildman–Crippen LogP) is 5.03. The third-order valence-corrected chi connectivity index (χ3v) is 6.20. The molecule has 1 aliphatic rings. The summed E-state index contributed by atoms with van der Waals surface area (Å²) in [5.41, 5.74) is 3.41. The highest BCUT2D eigenvalue weighted by Gasteiger charge is 2.19. The first-order valence-electron chi connectivity index (χ1n) is 9.16. The van der Waals surface area contributed by atoms with Crippen molar-refractivity contribution in [1.29, 1.82) is 0 Å². The van der Waals surface area contributed by atoms with E-state index in [2.05, 4.69) is 10.3 Å². The zero-order chi connectivity index (χ0) is 18.4. The Morgan fingerprint density at radius 2 is 1.93 bits per heavy atom. The summed E-state index contributed by atoms with van der Waals surface area (Å²) in [6.07, 6.45) is 6.50. The summed E-state index contributed by atoms with van der Waals surface area (Å²) < 4.78 is 16.2. The van der Waals surface area contributed by atoms with E-state index in [-0.39, 0.29) is 11.7 Å². The van der Waals surface area contributed by atoms with Crippen molar-refractivity contribution in [3.8, 4) is 11.3 Å². The van der Waals surface area contributed by atoms with Gasteiger partial charge in [-0.25, -0.2) is 9.37 Å². The van der Waals surface area contributed by atoms with Gasteiger partial charge in [0.1, 0.15) is 5.82 Å². The second-order valence-electron chi connectivity index (χ2n) is 7.03. The lowest BCUT2D eigenvalue weighted by Gasteiger charge is -2.11. The Bertz CT molecular complexity index is 1140. The van der Waals surface area contributed by atoms with Crippen LogP contribution >= 0.6 is 11.3 Å². The molecule has 0 unspecified atom stereocenters. The topological polar surface area (TPSA) is 46.4 Å². The van der Waals surface area contributed by atoms with Gasteiger partial charge in [-0.15, -0.1) is 0 Å². The minimum Gasteiger partial charge on any atom is -0.349 e. The third kappa shape index (κ3) is 3.00. The SMILES string of the molecule is O=C(NC1CCCC1)c1ccc2c(c1)sc1nc(-c3ccc(F)cc3)cn12. The Labute approximate surface area is 159 Å². The summed E-state index contributed by atoms with van der Waals surface area (Å²) >= 11 is 1.55. The monoisotopic (exact) mass is 379 g/mol. The summed E-state index contributed by atoms with van der Waals surface area (Å²) in [6, 6.07) is 12.4. The van der Waals surface area contributed by atoms with Crippen LogP contribution in [0.3, 0.4) is 0 Å². The molecule has 2 aromatic heterocycles. The average Bonchev–Trinajstić information content (AvgIpc) is 3.38. The summed E-state index contributed by atoms with van der Waals surface area (Å²) in [5, 5.41) is 3.14. The van der Waals surface area contributed by atoms with E-state index in [1.165, 1.54) is 25.0 Å². The predicted molar refractivity (Wildman–Crippen MR) is 106 cm³/mol. The third-order valence-electron chi connectivity index (χ3n) is 5.19. The van der Waals surface area contributed by atoms with Gasteiger partial charge in [-0.3, -0.25) is 9.20 Å². The first-order chi connectivity index (χ1) is 13.2. The number of halogens is 1. The van der Waals surface area contributed by atoms with Gasteiger partial charge in [-0.2, -0.15) is 0 Å². The fourth-order valence-corrected chi connectivity index (χ4v) is 4.79. The molecule has 0 aliphatic heterocycles. The molecule has 1 fully saturated rings. The first-order valence-corrected chi connectivity index (χ1v) is 9.97. The maximum Gasteiger partial charge on any atom is 0.251 e. The summed E-state index contributed by atoms with van der Waals surface area (Å²) in [7, 11) is 0. The van der Waals surface area contributed by atoms with Crippen molar-refractivity contribution in [2.45, 2.75) is 31.7 Å². The number of carbonyl (C=O) groups excluding carboxylic acids is 1. The van der Waals surface area contributed by atoms with Crippen molar-refractivity contribution in [3.05, 3.63) is 60.0 Å². The van der Waals surface area contributed by atoms with Crippen LogP contribution < -0.4 is 5.32 Å². The number of benzene rings is 2. The standard InChI is InChI=1S/C21H18FN3OS/c22-15-8-5-13(6-9-15)17-12-25-18-10-7-14(11-19(18)27-21(25)24-17)20(26)23-16-3-1-2-4-16/h5-12,16H,1-4H2,(H,23,26). The zero-order valence-corrected chi connectivity index (χ0v) is 15.4. The number of imidazole rings is 1. The number of thiazole rings is 1. The smallest absolute Gasteiger partial charge is 0.251 e. The number of fused-ring (bicyclic) bond motifs is 3. The van der Waals surface area contributed by atoms with E-state index in [1.807, 2.05) is 28.8 Å². The van der Waals surface area contributed by atoms with Crippen molar-refractivity contribution in [1.82, 2.24) is 14.7 Å². The molecule has 0 radical (unpaired) electrons. The number of hydrogen-bond donors (Lipinski definition) is 1. The molecular weight excluding hydrogens is 361 g/mol. The molecule has 27 heavy (non-hydrogen) atoms. The maximum absolute atomic E-state index is 13.1. The van der Waals surface area contributed by atoms with Crippen LogP contribution in [0.1, 0.15) is 36.0 Å². The molecule has 1 amide bonds. The molecule has 1 aliphatic carbocycles. The van der Waals surface area contributed by atoms with Crippen LogP contribution in [0.4, 0.5) is 4.39 Å². The van der Waals surface area contributed by atoms with Crippen molar-refractivity contribution in [2.75, 3.05) is 0 Å². The quantitative estimate of drug-likeness (QED) is 0.543. The fraction of sp³-hybridized carbons (Fsp3) is 0.238. The van der Waals surface area contributed by atoms with E-state index in [1.54, 1.807) is 23.5 Å². The van der Waals surface area contributed by atoms with Crippen LogP contribution in [-0.2, 0) is 0 Å². The number of carbonyl (C=O) groups is 1. The zero-order valence-electron chi connectivity index (χ0n) is 14.6. The van der Waals surface area contributed by atoms with Crippen molar-refractivity contribution >= 4 is 32.4 Å². The van der Waals surface area contributed by atoms with E-state index in [0.717, 1.165) is 39.3 Å². The molecule has 0 atom stereocenters. The number of amides is 1. The number of nitrogens with one attached hydrogen (secondary N) is 1. The Kier molecular flexibility index (Phi) is 3.93. The van der Waals surface area contributed by atoms with Gasteiger partial charge >= 0.3 is 0 Å². The van der Waals surface area contributed by atoms with Crippen molar-refractivity contribution in [3.63, 3.8) is 0 Å². The average molecular weight is 379 g/mol. The molecule has 1 saturated carbocycles. The molecule has 6 heteroatoms. The van der Waals surface area contributed by atoms with Gasteiger partial charge in [-0.1, -0.05) is 24.2 Å². The summed E-state index contributed by atoms with van der Waals surface area (Å²) in [4.78, 5) is 18.0. The maximum atomic E-state index is 13.1. The van der Waals surface area contributed by atoms with Crippen LogP contribution in [0.2, 0.25) is 0 Å². The minimum absolute atomic E-state index is 0.00171. The second kappa shape index (κ2) is 6.46. The van der Waals surface area contributed by atoms with Crippen LogP contribution in [0.15, 0.2) is 48.7 Å². The van der Waals surface area contributed by atoms with Gasteiger partial charge < -0.3 is 5.32 Å². The van der Waals surface area contributed by atoms with Crippen LogP contribution in [0.5, 0.6) is 0 Å². The van der Waals surface area contributed by atoms with Crippen LogP contribution in [-0.4, -0.2) is 21.3 Å². The van der Waals surface area contributed by atoms with Gasteiger partial charge in [0.25, 0.3) is 5.91 Å². The highest BCUT2D eigenvalue weighted by atomic mass is 32.1. The molecular formula is C21H18FN3OS. The lowest BCUT2D eigenvalue weighted by Crippen LogP contribution is -2.32. The van der Waals surface area contributed by atoms with Gasteiger partial charge in [0.15, 0.2) is 4.96 Å². The molecule has 4 nitrogen and oxygen atoms in total. The molecule has 2 aromatic carbocycles. The molecule has 136 valence electrons. The molecule has 1 N–H and O–H groups in total. The van der Waals surface area contributed by atoms with Gasteiger partial charge in [0, 0.05) is 23.4 Å². The Morgan fingerprint density at radius 3 is 2.70 bits per heavy atom. The second-order valence-corrected chi connectivity index (χ2v) is 8.03. The largest absolute Gasteiger partial charge is 0.349 e. The Morgan fingerprint density at radius 1 is 1.15 bits per heavy atom. The Balaban J connectivity index is 1.47. The lowest BCUT2D eigenvalue weighted by atomic mass is 10.1. The van der Waals surface area contributed by atoms with Crippen LogP contribution in [0.25, 0.3) is 26.4 Å². The Hall–Kier alpha value is -2.73. The van der Waals surface area contributed by atoms with E-state index in [9.17, 15) is 9.18 Å². The molecule has 2 heterocycles. The van der Waals surface area contributed by atoms with Crippen LogP contribution in [0, 0.1) is 5.82 Å². The van der Waals surface area contributed by atoms with Gasteiger partial charge in [-0.05, 0) is 55.3 Å². The highest BCUT2D eigenvalue weighted by molar-refractivity contribution is 7.23. The molecule has 5 rings (SSSR count). The van der Waals surface area contributed by atoms with E-state index >= 15 is 0 Å². The molecule has 4 aromatic rings. The number of hydrogen-bond acceptors (Lipinski definition) is 3. The lowest BCUT2D eigenvalue weighted by molar-refractivity contribution is 0.0938. The molecule has 0 spiro atoms. The van der Waals surface area contributed by atoms with Crippen molar-refractivity contribution in [2.24, 2.45) is 0 Å². The van der Waals surface area contributed by atoms with Gasteiger partial charge in [0.2, 0.25) is 0 Å². The van der Waals surface area contributed by atoms with E-state index < -0.39 is 0 Å². The first kappa shape index (κ1) is 16.4. The van der Waals surface area contributed by atoms with E-state index in [0.29, 0.717) is 11.6 Å². The number of rotatable bonds is 3. The minimum atomic E-state index is -0.256. The molecule has 0 bridgehead atoms. The fourth-order valence-electron chi connectivity index (χ4n) is 3.74. The number of aromatic nitrogens is 2. The highest BCUT2D eigenvalue weighted by Crippen LogP contribution is 2.30. The summed E-state index contributed by atoms with van der Waals surface area (Å²) in [6.45, 7) is 0. The molecule has 0 saturated heterocycles. The van der Waals surface area contributed by atoms with Crippen molar-refractivity contribution < 1.29 is 9.18 Å². The van der Waals surface area contributed by atoms with E-state index in [4.69, 9.17) is 0 Å².